The maximum Gasteiger partial charge on any atom is 0.326 e. The van der Waals surface area contributed by atoms with Gasteiger partial charge in [-0.25, -0.2) is 0 Å². The Labute approximate surface area is 155 Å². The number of ether oxygens (including phenoxy) is 1. The van der Waals surface area contributed by atoms with E-state index in [1.807, 2.05) is 13.8 Å². The lowest BCUT2D eigenvalue weighted by atomic mass is 9.99. The highest BCUT2D eigenvalue weighted by Gasteiger charge is 2.51. The second kappa shape index (κ2) is 7.57. The van der Waals surface area contributed by atoms with Gasteiger partial charge in [-0.1, -0.05) is 24.0 Å². The van der Waals surface area contributed by atoms with Crippen LogP contribution < -0.4 is 4.90 Å². The topological polar surface area (TPSA) is 80.1 Å². The van der Waals surface area contributed by atoms with Gasteiger partial charge in [0, 0.05) is 17.7 Å². The Hall–Kier alpha value is -1.87. The molecule has 1 aliphatic heterocycles. The minimum absolute atomic E-state index is 0.210. The Balaban J connectivity index is 2.39. The summed E-state index contributed by atoms with van der Waals surface area (Å²) in [5.74, 6) is -1.06. The first-order valence-electron chi connectivity index (χ1n) is 7.72. The van der Waals surface area contributed by atoms with Crippen LogP contribution in [0, 0.1) is 0 Å². The molecule has 1 aliphatic rings. The maximum atomic E-state index is 13.1. The smallest absolute Gasteiger partial charge is 0.326 e. The van der Waals surface area contributed by atoms with Gasteiger partial charge in [0.15, 0.2) is 0 Å². The minimum Gasteiger partial charge on any atom is -0.465 e. The predicted octanol–water partition coefficient (Wildman–Crippen LogP) is 2.20. The van der Waals surface area contributed by atoms with E-state index in [-0.39, 0.29) is 29.3 Å². The number of carbonyl (C=O) groups is 3. The fourth-order valence-corrected chi connectivity index (χ4v) is 4.47. The van der Waals surface area contributed by atoms with Crippen LogP contribution in [0.15, 0.2) is 22.8 Å². The number of rotatable bonds is 5. The number of hydrogen-bond acceptors (Lipinski definition) is 7. The summed E-state index contributed by atoms with van der Waals surface area (Å²) in [6.07, 6.45) is 1.43. The van der Waals surface area contributed by atoms with Gasteiger partial charge in [0.2, 0.25) is 11.8 Å². The molecule has 9 heteroatoms. The molecular formula is C16H20N2O5S2. The highest BCUT2D eigenvalue weighted by Crippen LogP contribution is 2.40. The van der Waals surface area contributed by atoms with Crippen LogP contribution in [0.4, 0.5) is 5.88 Å². The molecule has 0 aliphatic carbocycles. The van der Waals surface area contributed by atoms with E-state index in [9.17, 15) is 14.4 Å². The van der Waals surface area contributed by atoms with Crippen molar-refractivity contribution in [3.63, 3.8) is 0 Å². The molecule has 1 unspecified atom stereocenters. The summed E-state index contributed by atoms with van der Waals surface area (Å²) in [5, 5.41) is 0. The third kappa shape index (κ3) is 4.04. The molecule has 1 fully saturated rings. The van der Waals surface area contributed by atoms with Crippen molar-refractivity contribution in [3.8, 4) is 0 Å². The zero-order valence-electron chi connectivity index (χ0n) is 14.5. The third-order valence-corrected chi connectivity index (χ3v) is 5.28. The van der Waals surface area contributed by atoms with Crippen molar-refractivity contribution in [1.29, 1.82) is 0 Å². The molecule has 1 aromatic heterocycles. The normalized spacial score (nSPS) is 19.7. The van der Waals surface area contributed by atoms with Crippen LogP contribution in [0.1, 0.15) is 27.7 Å². The molecule has 1 atom stereocenters. The summed E-state index contributed by atoms with van der Waals surface area (Å²) in [5.41, 5.74) is 0. The van der Waals surface area contributed by atoms with Gasteiger partial charge in [-0.05, 0) is 26.8 Å². The number of hydrogen-bond donors (Lipinski definition) is 0. The van der Waals surface area contributed by atoms with Crippen molar-refractivity contribution in [2.45, 2.75) is 38.5 Å². The minimum atomic E-state index is -0.873. The first-order chi connectivity index (χ1) is 11.7. The van der Waals surface area contributed by atoms with E-state index < -0.39 is 22.7 Å². The lowest BCUT2D eigenvalue weighted by molar-refractivity contribution is -0.147. The first kappa shape index (κ1) is 19.5. The SMILES string of the molecule is CCOC(=O)CN1C(=O)C(N(C(C)=O)c2ccco2)C(C)(C)SC1=S. The van der Waals surface area contributed by atoms with Gasteiger partial charge in [-0.15, -0.1) is 0 Å². The monoisotopic (exact) mass is 384 g/mol. The van der Waals surface area contributed by atoms with E-state index in [0.717, 1.165) is 0 Å². The van der Waals surface area contributed by atoms with Crippen molar-refractivity contribution in [2.75, 3.05) is 18.1 Å². The lowest BCUT2D eigenvalue weighted by Gasteiger charge is -2.45. The molecule has 0 N–H and O–H groups in total. The van der Waals surface area contributed by atoms with Crippen LogP contribution in [0.25, 0.3) is 0 Å². The van der Waals surface area contributed by atoms with E-state index in [0.29, 0.717) is 0 Å². The molecule has 25 heavy (non-hydrogen) atoms. The van der Waals surface area contributed by atoms with Crippen LogP contribution in [-0.4, -0.2) is 50.9 Å². The van der Waals surface area contributed by atoms with Gasteiger partial charge in [0.25, 0.3) is 5.91 Å². The Morgan fingerprint density at radius 2 is 2.16 bits per heavy atom. The zero-order valence-corrected chi connectivity index (χ0v) is 16.1. The summed E-state index contributed by atoms with van der Waals surface area (Å²) < 4.78 is 9.83. The molecule has 7 nitrogen and oxygen atoms in total. The van der Waals surface area contributed by atoms with Crippen molar-refractivity contribution < 1.29 is 23.5 Å². The molecule has 0 radical (unpaired) electrons. The van der Waals surface area contributed by atoms with Crippen molar-refractivity contribution in [2.24, 2.45) is 0 Å². The summed E-state index contributed by atoms with van der Waals surface area (Å²) in [7, 11) is 0. The molecule has 1 saturated heterocycles. The molecule has 0 saturated carbocycles. The van der Waals surface area contributed by atoms with Crippen LogP contribution in [0.5, 0.6) is 0 Å². The number of nitrogens with zero attached hydrogens (tertiary/aromatic N) is 2. The summed E-state index contributed by atoms with van der Waals surface area (Å²) in [6, 6.07) is 2.37. The number of anilines is 1. The van der Waals surface area contributed by atoms with Crippen LogP contribution in [-0.2, 0) is 19.1 Å². The summed E-state index contributed by atoms with van der Waals surface area (Å²) in [4.78, 5) is 39.7. The van der Waals surface area contributed by atoms with E-state index in [2.05, 4.69) is 0 Å². The molecule has 2 rings (SSSR count). The van der Waals surface area contributed by atoms with Gasteiger partial charge >= 0.3 is 5.97 Å². The molecule has 0 aromatic carbocycles. The Morgan fingerprint density at radius 3 is 2.68 bits per heavy atom. The lowest BCUT2D eigenvalue weighted by Crippen LogP contribution is -2.64. The fourth-order valence-electron chi connectivity index (χ4n) is 2.64. The second-order valence-electron chi connectivity index (χ2n) is 5.94. The van der Waals surface area contributed by atoms with E-state index >= 15 is 0 Å². The van der Waals surface area contributed by atoms with Gasteiger partial charge in [-0.2, -0.15) is 0 Å². The third-order valence-electron chi connectivity index (χ3n) is 3.66. The molecule has 136 valence electrons. The molecule has 0 spiro atoms. The largest absolute Gasteiger partial charge is 0.465 e. The number of amides is 2. The van der Waals surface area contributed by atoms with Crippen LogP contribution in [0.2, 0.25) is 0 Å². The highest BCUT2D eigenvalue weighted by atomic mass is 32.2. The van der Waals surface area contributed by atoms with E-state index in [1.165, 1.54) is 34.7 Å². The molecular weight excluding hydrogens is 364 g/mol. The standard InChI is InChI=1S/C16H20N2O5S2/c1-5-22-12(20)9-17-14(21)13(16(3,4)25-15(17)24)18(10(2)19)11-7-6-8-23-11/h6-8,13H,5,9H2,1-4H3. The summed E-state index contributed by atoms with van der Waals surface area (Å²) >= 11 is 6.55. The van der Waals surface area contributed by atoms with Gasteiger partial charge in [0.1, 0.15) is 16.9 Å². The fraction of sp³-hybridized carbons (Fsp3) is 0.500. The maximum absolute atomic E-state index is 13.1. The molecule has 2 amide bonds. The molecule has 1 aromatic rings. The predicted molar refractivity (Wildman–Crippen MR) is 98.3 cm³/mol. The summed E-state index contributed by atoms with van der Waals surface area (Å²) in [6.45, 7) is 6.62. The van der Waals surface area contributed by atoms with E-state index in [4.69, 9.17) is 21.4 Å². The molecule has 2 heterocycles. The Bertz CT molecular complexity index is 687. The van der Waals surface area contributed by atoms with E-state index in [1.54, 1.807) is 19.1 Å². The van der Waals surface area contributed by atoms with Gasteiger partial charge < -0.3 is 9.15 Å². The second-order valence-corrected chi connectivity index (χ2v) is 8.23. The number of thiocarbonyl (C=S) groups is 1. The molecule has 0 bridgehead atoms. The van der Waals surface area contributed by atoms with Gasteiger partial charge in [0.05, 0.1) is 12.9 Å². The quantitative estimate of drug-likeness (QED) is 0.569. The van der Waals surface area contributed by atoms with Crippen LogP contribution in [0.3, 0.4) is 0 Å². The Kier molecular flexibility index (Phi) is 5.89. The number of esters is 1. The average molecular weight is 384 g/mol. The van der Waals surface area contributed by atoms with Crippen molar-refractivity contribution >= 4 is 52.0 Å². The number of furan rings is 1. The first-order valence-corrected chi connectivity index (χ1v) is 8.94. The van der Waals surface area contributed by atoms with Crippen LogP contribution >= 0.6 is 24.0 Å². The average Bonchev–Trinajstić information content (AvgIpc) is 3.01. The zero-order chi connectivity index (χ0) is 18.8. The number of thioether (sulfide) groups is 1. The van der Waals surface area contributed by atoms with Crippen molar-refractivity contribution in [3.05, 3.63) is 18.4 Å². The highest BCUT2D eigenvalue weighted by molar-refractivity contribution is 8.24. The van der Waals surface area contributed by atoms with Gasteiger partial charge in [-0.3, -0.25) is 24.2 Å². The van der Waals surface area contributed by atoms with Crippen molar-refractivity contribution in [1.82, 2.24) is 4.90 Å². The number of carbonyl (C=O) groups excluding carboxylic acids is 3. The Morgan fingerprint density at radius 1 is 1.48 bits per heavy atom.